The van der Waals surface area contributed by atoms with Crippen molar-refractivity contribution < 1.29 is 14.6 Å². The van der Waals surface area contributed by atoms with Crippen molar-refractivity contribution in [2.75, 3.05) is 18.5 Å². The summed E-state index contributed by atoms with van der Waals surface area (Å²) < 4.78 is 5.26. The van der Waals surface area contributed by atoms with Crippen LogP contribution in [0, 0.1) is 0 Å². The van der Waals surface area contributed by atoms with E-state index in [0.717, 1.165) is 5.56 Å². The van der Waals surface area contributed by atoms with E-state index in [1.165, 1.54) is 6.20 Å². The first-order chi connectivity index (χ1) is 6.77. The lowest BCUT2D eigenvalue weighted by Gasteiger charge is -2.05. The number of rotatable bonds is 1. The fourth-order valence-electron chi connectivity index (χ4n) is 1.32. The highest BCUT2D eigenvalue weighted by atomic mass is 16.5. The second-order valence-electron chi connectivity index (χ2n) is 3.02. The molecule has 74 valence electrons. The van der Waals surface area contributed by atoms with Crippen LogP contribution < -0.4 is 5.32 Å². The molecule has 2 heterocycles. The number of nitrogens with zero attached hydrogens (tertiary/aromatic N) is 1. The molecule has 0 atom stereocenters. The first-order valence-electron chi connectivity index (χ1n) is 4.31. The summed E-state index contributed by atoms with van der Waals surface area (Å²) in [5.41, 5.74) is 0.985. The molecule has 2 rings (SSSR count). The number of carboxylic acids is 1. The highest BCUT2D eigenvalue weighted by Gasteiger charge is 2.11. The number of ether oxygens (including phenoxy) is 1. The highest BCUT2D eigenvalue weighted by molar-refractivity contribution is 5.87. The molecule has 0 saturated carbocycles. The lowest BCUT2D eigenvalue weighted by molar-refractivity contribution is 0.0696. The van der Waals surface area contributed by atoms with Crippen molar-refractivity contribution in [1.29, 1.82) is 0 Å². The molecule has 0 amide bonds. The highest BCUT2D eigenvalue weighted by Crippen LogP contribution is 2.17. The first kappa shape index (κ1) is 8.96. The van der Waals surface area contributed by atoms with Crippen molar-refractivity contribution >= 4 is 11.8 Å². The predicted octanol–water partition coefficient (Wildman–Crippen LogP) is 0.722. The topological polar surface area (TPSA) is 71.5 Å². The second kappa shape index (κ2) is 3.63. The van der Waals surface area contributed by atoms with Crippen molar-refractivity contribution in [3.63, 3.8) is 0 Å². The quantitative estimate of drug-likeness (QED) is 0.689. The zero-order chi connectivity index (χ0) is 9.97. The number of aromatic nitrogens is 1. The summed E-state index contributed by atoms with van der Waals surface area (Å²) in [4.78, 5) is 14.7. The van der Waals surface area contributed by atoms with Gasteiger partial charge in [-0.05, 0) is 6.07 Å². The van der Waals surface area contributed by atoms with Gasteiger partial charge < -0.3 is 15.2 Å². The number of nitrogens with one attached hydrogen (secondary N) is 1. The van der Waals surface area contributed by atoms with E-state index < -0.39 is 5.97 Å². The maximum atomic E-state index is 10.7. The van der Waals surface area contributed by atoms with Gasteiger partial charge in [-0.3, -0.25) is 0 Å². The van der Waals surface area contributed by atoms with Crippen LogP contribution in [0.4, 0.5) is 5.82 Å². The smallest absolute Gasteiger partial charge is 0.337 e. The molecule has 0 bridgehead atoms. The number of fused-ring (bicyclic) bond motifs is 1. The Labute approximate surface area is 80.7 Å². The van der Waals surface area contributed by atoms with Gasteiger partial charge in [-0.25, -0.2) is 9.78 Å². The summed E-state index contributed by atoms with van der Waals surface area (Å²) in [6, 6.07) is 1.59. The molecule has 0 spiro atoms. The van der Waals surface area contributed by atoms with Crippen LogP contribution >= 0.6 is 0 Å². The predicted molar refractivity (Wildman–Crippen MR) is 49.3 cm³/mol. The van der Waals surface area contributed by atoms with Crippen LogP contribution in [-0.2, 0) is 11.3 Å². The van der Waals surface area contributed by atoms with Crippen molar-refractivity contribution in [2.45, 2.75) is 6.61 Å². The van der Waals surface area contributed by atoms with E-state index in [1.54, 1.807) is 6.07 Å². The Kier molecular flexibility index (Phi) is 2.32. The van der Waals surface area contributed by atoms with E-state index in [2.05, 4.69) is 10.3 Å². The number of pyridine rings is 1. The third kappa shape index (κ3) is 1.67. The number of aromatic carboxylic acids is 1. The van der Waals surface area contributed by atoms with Crippen molar-refractivity contribution in [3.8, 4) is 0 Å². The summed E-state index contributed by atoms with van der Waals surface area (Å²) >= 11 is 0. The minimum atomic E-state index is -0.968. The number of anilines is 1. The zero-order valence-electron chi connectivity index (χ0n) is 7.49. The van der Waals surface area contributed by atoms with Crippen LogP contribution in [0.3, 0.4) is 0 Å². The molecule has 0 saturated heterocycles. The van der Waals surface area contributed by atoms with E-state index >= 15 is 0 Å². The van der Waals surface area contributed by atoms with Gasteiger partial charge in [0.1, 0.15) is 5.82 Å². The Morgan fingerprint density at radius 2 is 2.50 bits per heavy atom. The van der Waals surface area contributed by atoms with E-state index in [4.69, 9.17) is 9.84 Å². The van der Waals surface area contributed by atoms with Crippen LogP contribution in [0.1, 0.15) is 15.9 Å². The van der Waals surface area contributed by atoms with Gasteiger partial charge in [0.2, 0.25) is 0 Å². The molecule has 5 nitrogen and oxygen atoms in total. The third-order valence-corrected chi connectivity index (χ3v) is 2.01. The number of hydrogen-bond donors (Lipinski definition) is 2. The molecule has 1 aliphatic rings. The molecule has 0 unspecified atom stereocenters. The summed E-state index contributed by atoms with van der Waals surface area (Å²) in [6.07, 6.45) is 1.35. The van der Waals surface area contributed by atoms with Crippen LogP contribution in [0.2, 0.25) is 0 Å². The van der Waals surface area contributed by atoms with Gasteiger partial charge >= 0.3 is 5.97 Å². The number of carbonyl (C=O) groups is 1. The minimum Gasteiger partial charge on any atom is -0.478 e. The summed E-state index contributed by atoms with van der Waals surface area (Å²) in [5.74, 6) is -0.253. The van der Waals surface area contributed by atoms with E-state index in [1.807, 2.05) is 0 Å². The van der Waals surface area contributed by atoms with Crippen molar-refractivity contribution in [3.05, 3.63) is 23.4 Å². The van der Waals surface area contributed by atoms with Gasteiger partial charge in [0.25, 0.3) is 0 Å². The largest absolute Gasteiger partial charge is 0.478 e. The van der Waals surface area contributed by atoms with Crippen LogP contribution in [0.5, 0.6) is 0 Å². The van der Waals surface area contributed by atoms with Gasteiger partial charge in [-0.15, -0.1) is 0 Å². The van der Waals surface area contributed by atoms with Crippen LogP contribution in [0.25, 0.3) is 0 Å². The van der Waals surface area contributed by atoms with E-state index in [-0.39, 0.29) is 5.56 Å². The molecule has 0 aliphatic carbocycles. The maximum Gasteiger partial charge on any atom is 0.337 e. The normalized spacial score (nSPS) is 15.1. The molecule has 0 aromatic carbocycles. The van der Waals surface area contributed by atoms with E-state index in [0.29, 0.717) is 25.6 Å². The monoisotopic (exact) mass is 194 g/mol. The number of carboxylic acid groups (broad SMARTS) is 1. The Morgan fingerprint density at radius 1 is 1.64 bits per heavy atom. The summed E-state index contributed by atoms with van der Waals surface area (Å²) in [7, 11) is 0. The Hall–Kier alpha value is -1.62. The third-order valence-electron chi connectivity index (χ3n) is 2.01. The molecule has 0 fully saturated rings. The molecular weight excluding hydrogens is 184 g/mol. The number of hydrogen-bond acceptors (Lipinski definition) is 4. The molecule has 1 aromatic rings. The van der Waals surface area contributed by atoms with Gasteiger partial charge in [-0.1, -0.05) is 0 Å². The van der Waals surface area contributed by atoms with Crippen molar-refractivity contribution in [1.82, 2.24) is 4.98 Å². The Balaban J connectivity index is 2.37. The Bertz CT molecular complexity index is 365. The molecule has 1 aliphatic heterocycles. The fraction of sp³-hybridized carbons (Fsp3) is 0.333. The zero-order valence-corrected chi connectivity index (χ0v) is 7.49. The van der Waals surface area contributed by atoms with Gasteiger partial charge in [0, 0.05) is 18.3 Å². The lowest BCUT2D eigenvalue weighted by atomic mass is 10.2. The standard InChI is InChI=1S/C9H10N2O3/c12-9(13)6-3-7-5-14-2-1-10-8(7)11-4-6/h3-4H,1-2,5H2,(H,10,11)(H,12,13). The average molecular weight is 194 g/mol. The molecule has 2 N–H and O–H groups in total. The summed E-state index contributed by atoms with van der Waals surface area (Å²) in [6.45, 7) is 1.72. The molecule has 5 heteroatoms. The van der Waals surface area contributed by atoms with Gasteiger partial charge in [0.15, 0.2) is 0 Å². The molecule has 1 aromatic heterocycles. The van der Waals surface area contributed by atoms with Crippen LogP contribution in [0.15, 0.2) is 12.3 Å². The SMILES string of the molecule is O=C(O)c1cnc2c(c1)COCCN2. The minimum absolute atomic E-state index is 0.191. The maximum absolute atomic E-state index is 10.7. The van der Waals surface area contributed by atoms with E-state index in [9.17, 15) is 4.79 Å². The van der Waals surface area contributed by atoms with Crippen LogP contribution in [-0.4, -0.2) is 29.2 Å². The first-order valence-corrected chi connectivity index (χ1v) is 4.31. The lowest BCUT2D eigenvalue weighted by Crippen LogP contribution is -2.06. The summed E-state index contributed by atoms with van der Waals surface area (Å²) in [5, 5.41) is 11.8. The molecule has 0 radical (unpaired) electrons. The fourth-order valence-corrected chi connectivity index (χ4v) is 1.32. The Morgan fingerprint density at radius 3 is 3.29 bits per heavy atom. The molecule has 14 heavy (non-hydrogen) atoms. The average Bonchev–Trinajstić information content (AvgIpc) is 2.41. The van der Waals surface area contributed by atoms with Gasteiger partial charge in [0.05, 0.1) is 18.8 Å². The van der Waals surface area contributed by atoms with Gasteiger partial charge in [-0.2, -0.15) is 0 Å². The molecular formula is C9H10N2O3. The second-order valence-corrected chi connectivity index (χ2v) is 3.02. The van der Waals surface area contributed by atoms with Crippen molar-refractivity contribution in [2.24, 2.45) is 0 Å².